The van der Waals surface area contributed by atoms with Gasteiger partial charge in [-0.25, -0.2) is 0 Å². The van der Waals surface area contributed by atoms with Crippen LogP contribution < -0.4 is 14.8 Å². The summed E-state index contributed by atoms with van der Waals surface area (Å²) in [5.41, 5.74) is 5.17. The van der Waals surface area contributed by atoms with Crippen LogP contribution in [-0.2, 0) is 24.4 Å². The molecule has 5 nitrogen and oxygen atoms in total. The number of anilines is 1. The smallest absolute Gasteiger partial charge is 0.211 e. The molecule has 1 atom stereocenters. The number of hydrogen-bond acceptors (Lipinski definition) is 4. The fourth-order valence-electron chi connectivity index (χ4n) is 4.24. The highest BCUT2D eigenvalue weighted by Gasteiger charge is 2.12. The molecule has 0 aliphatic carbocycles. The second kappa shape index (κ2) is 13.7. The Balaban J connectivity index is 1.51. The second-order valence-electron chi connectivity index (χ2n) is 9.17. The molecule has 1 amide bonds. The molecular formula is C33H34N2O3. The van der Waals surface area contributed by atoms with E-state index in [2.05, 4.69) is 65.8 Å². The molecule has 1 N–H and O–H groups in total. The number of amides is 1. The zero-order chi connectivity index (χ0) is 26.6. The number of carbonyl (C=O) groups excluding carboxylic acids is 1. The topological polar surface area (TPSA) is 50.8 Å². The minimum absolute atomic E-state index is 0.251. The summed E-state index contributed by atoms with van der Waals surface area (Å²) in [4.78, 5) is 13.6. The highest BCUT2D eigenvalue weighted by atomic mass is 16.5. The van der Waals surface area contributed by atoms with Gasteiger partial charge in [0, 0.05) is 18.8 Å². The zero-order valence-electron chi connectivity index (χ0n) is 21.9. The molecule has 194 valence electrons. The lowest BCUT2D eigenvalue weighted by Crippen LogP contribution is -2.29. The minimum Gasteiger partial charge on any atom is -0.497 e. The van der Waals surface area contributed by atoms with Crippen LogP contribution in [0.15, 0.2) is 109 Å². The average Bonchev–Trinajstić information content (AvgIpc) is 2.96. The van der Waals surface area contributed by atoms with Crippen LogP contribution in [0.5, 0.6) is 11.5 Å². The van der Waals surface area contributed by atoms with E-state index < -0.39 is 0 Å². The van der Waals surface area contributed by atoms with E-state index in [0.717, 1.165) is 29.8 Å². The molecule has 0 heterocycles. The predicted molar refractivity (Wildman–Crippen MR) is 154 cm³/mol. The minimum atomic E-state index is 0.251. The molecule has 1 unspecified atom stereocenters. The third-order valence-corrected chi connectivity index (χ3v) is 6.38. The summed E-state index contributed by atoms with van der Waals surface area (Å²) in [6.45, 7) is 3.45. The largest absolute Gasteiger partial charge is 0.497 e. The van der Waals surface area contributed by atoms with Crippen molar-refractivity contribution in [3.63, 3.8) is 0 Å². The summed E-state index contributed by atoms with van der Waals surface area (Å²) in [5, 5.41) is 2.78. The van der Waals surface area contributed by atoms with Crippen LogP contribution in [0.25, 0.3) is 6.08 Å². The molecule has 0 aromatic heterocycles. The predicted octanol–water partition coefficient (Wildman–Crippen LogP) is 6.95. The summed E-state index contributed by atoms with van der Waals surface area (Å²) in [6, 6.07) is 34.7. The lowest BCUT2D eigenvalue weighted by atomic mass is 10.0. The first-order valence-corrected chi connectivity index (χ1v) is 12.8. The van der Waals surface area contributed by atoms with Crippen LogP contribution in [0.3, 0.4) is 0 Å². The molecule has 5 heteroatoms. The summed E-state index contributed by atoms with van der Waals surface area (Å²) < 4.78 is 11.3. The number of nitrogens with one attached hydrogen (secondary N) is 1. The Hall–Kier alpha value is -4.51. The lowest BCUT2D eigenvalue weighted by molar-refractivity contribution is -0.105. The molecular weight excluding hydrogens is 472 g/mol. The van der Waals surface area contributed by atoms with E-state index in [1.165, 1.54) is 11.1 Å². The van der Waals surface area contributed by atoms with E-state index in [0.29, 0.717) is 24.5 Å². The Kier molecular flexibility index (Phi) is 9.57. The highest BCUT2D eigenvalue weighted by molar-refractivity contribution is 5.77. The van der Waals surface area contributed by atoms with Crippen LogP contribution in [0.4, 0.5) is 5.69 Å². The normalized spacial score (nSPS) is 11.6. The molecule has 4 aromatic carbocycles. The maximum Gasteiger partial charge on any atom is 0.211 e. The van der Waals surface area contributed by atoms with Crippen molar-refractivity contribution >= 4 is 18.2 Å². The summed E-state index contributed by atoms with van der Waals surface area (Å²) >= 11 is 0. The van der Waals surface area contributed by atoms with E-state index >= 15 is 0 Å². The Bertz CT molecular complexity index is 1310. The molecule has 0 spiro atoms. The standard InChI is InChI=1S/C33H34N2O3/c1-26(21-27-13-16-31(37-2)17-14-27)35(23-29-9-5-3-6-10-29)20-19-28-15-18-33(32(22-28)34-25-36)38-24-30-11-7-4-8-12-30/h3-20,22,25-26H,21,23-24H2,1-2H3,(H,34,36)/b20-19+. The van der Waals surface area contributed by atoms with Crippen molar-refractivity contribution in [2.45, 2.75) is 32.5 Å². The van der Waals surface area contributed by atoms with Gasteiger partial charge >= 0.3 is 0 Å². The van der Waals surface area contributed by atoms with Gasteiger partial charge in [-0.05, 0) is 65.9 Å². The fraction of sp³-hybridized carbons (Fsp3) is 0.182. The van der Waals surface area contributed by atoms with E-state index in [1.807, 2.05) is 66.7 Å². The molecule has 0 bridgehead atoms. The third-order valence-electron chi connectivity index (χ3n) is 6.38. The van der Waals surface area contributed by atoms with Crippen molar-refractivity contribution in [3.8, 4) is 11.5 Å². The van der Waals surface area contributed by atoms with Crippen molar-refractivity contribution in [1.82, 2.24) is 4.90 Å². The van der Waals surface area contributed by atoms with Gasteiger partial charge in [-0.3, -0.25) is 4.79 Å². The second-order valence-corrected chi connectivity index (χ2v) is 9.17. The van der Waals surface area contributed by atoms with Gasteiger partial charge in [0.05, 0.1) is 12.8 Å². The van der Waals surface area contributed by atoms with Gasteiger partial charge in [-0.15, -0.1) is 0 Å². The number of nitrogens with zero attached hydrogens (tertiary/aromatic N) is 1. The van der Waals surface area contributed by atoms with Crippen LogP contribution in [0.2, 0.25) is 0 Å². The average molecular weight is 507 g/mol. The Morgan fingerprint density at radius 1 is 0.842 bits per heavy atom. The lowest BCUT2D eigenvalue weighted by Gasteiger charge is -2.28. The zero-order valence-corrected chi connectivity index (χ0v) is 21.9. The van der Waals surface area contributed by atoms with E-state index in [4.69, 9.17) is 9.47 Å². The molecule has 0 fully saturated rings. The first-order chi connectivity index (χ1) is 18.6. The number of ether oxygens (including phenoxy) is 2. The maximum absolute atomic E-state index is 11.3. The van der Waals surface area contributed by atoms with Gasteiger partial charge in [-0.2, -0.15) is 0 Å². The maximum atomic E-state index is 11.3. The number of methoxy groups -OCH3 is 1. The van der Waals surface area contributed by atoms with Gasteiger partial charge in [0.25, 0.3) is 0 Å². The number of benzene rings is 4. The molecule has 0 saturated carbocycles. The quantitative estimate of drug-likeness (QED) is 0.199. The highest BCUT2D eigenvalue weighted by Crippen LogP contribution is 2.27. The number of hydrogen-bond donors (Lipinski definition) is 1. The van der Waals surface area contributed by atoms with Crippen LogP contribution in [0.1, 0.15) is 29.2 Å². The molecule has 0 radical (unpaired) electrons. The summed E-state index contributed by atoms with van der Waals surface area (Å²) in [7, 11) is 1.68. The number of rotatable bonds is 13. The van der Waals surface area contributed by atoms with Crippen molar-refractivity contribution in [2.75, 3.05) is 12.4 Å². The Morgan fingerprint density at radius 2 is 1.53 bits per heavy atom. The van der Waals surface area contributed by atoms with E-state index in [-0.39, 0.29) is 6.04 Å². The number of carbonyl (C=O) groups is 1. The Morgan fingerprint density at radius 3 is 2.18 bits per heavy atom. The van der Waals surface area contributed by atoms with Crippen molar-refractivity contribution in [2.24, 2.45) is 0 Å². The van der Waals surface area contributed by atoms with Crippen LogP contribution in [0, 0.1) is 0 Å². The molecule has 4 aromatic rings. The molecule has 4 rings (SSSR count). The molecule has 0 saturated heterocycles. The fourth-order valence-corrected chi connectivity index (χ4v) is 4.24. The van der Waals surface area contributed by atoms with Gasteiger partial charge in [-0.1, -0.05) is 78.9 Å². The van der Waals surface area contributed by atoms with E-state index in [9.17, 15) is 4.79 Å². The monoisotopic (exact) mass is 506 g/mol. The molecule has 0 aliphatic rings. The van der Waals surface area contributed by atoms with Crippen molar-refractivity contribution in [3.05, 3.63) is 132 Å². The van der Waals surface area contributed by atoms with Gasteiger partial charge in [0.15, 0.2) is 0 Å². The summed E-state index contributed by atoms with van der Waals surface area (Å²) in [5.74, 6) is 1.49. The SMILES string of the molecule is COc1ccc(CC(C)N(/C=C/c2ccc(OCc3ccccc3)c(NC=O)c2)Cc2ccccc2)cc1. The first kappa shape index (κ1) is 26.6. The summed E-state index contributed by atoms with van der Waals surface area (Å²) in [6.07, 6.45) is 5.78. The van der Waals surface area contributed by atoms with Gasteiger partial charge in [0.2, 0.25) is 6.41 Å². The van der Waals surface area contributed by atoms with E-state index in [1.54, 1.807) is 7.11 Å². The van der Waals surface area contributed by atoms with Crippen molar-refractivity contribution in [1.29, 1.82) is 0 Å². The van der Waals surface area contributed by atoms with Gasteiger partial charge in [0.1, 0.15) is 18.1 Å². The first-order valence-electron chi connectivity index (χ1n) is 12.8. The van der Waals surface area contributed by atoms with Gasteiger partial charge < -0.3 is 19.7 Å². The van der Waals surface area contributed by atoms with Crippen molar-refractivity contribution < 1.29 is 14.3 Å². The molecule has 0 aliphatic heterocycles. The van der Waals surface area contributed by atoms with Crippen LogP contribution >= 0.6 is 0 Å². The third kappa shape index (κ3) is 7.74. The Labute approximate surface area is 225 Å². The van der Waals surface area contributed by atoms with Crippen LogP contribution in [-0.4, -0.2) is 24.5 Å². The molecule has 38 heavy (non-hydrogen) atoms.